The van der Waals surface area contributed by atoms with Gasteiger partial charge < -0.3 is 0 Å². The van der Waals surface area contributed by atoms with E-state index in [1.54, 1.807) is 25.6 Å². The number of hydrogen-bond acceptors (Lipinski definition) is 3. The van der Waals surface area contributed by atoms with Crippen molar-refractivity contribution in [3.8, 4) is 0 Å². The second-order valence-electron chi connectivity index (χ2n) is 5.26. The van der Waals surface area contributed by atoms with Crippen molar-refractivity contribution in [2.24, 2.45) is 7.05 Å². The Bertz CT molecular complexity index is 767. The number of nitrogens with one attached hydrogen (secondary N) is 1. The average molecular weight is 386 g/mol. The van der Waals surface area contributed by atoms with Crippen molar-refractivity contribution in [2.45, 2.75) is 38.1 Å². The minimum absolute atomic E-state index is 0.267. The Kier molecular flexibility index (Phi) is 5.09. The molecule has 0 amide bonds. The smallest absolute Gasteiger partial charge is 0.244 e. The van der Waals surface area contributed by atoms with Gasteiger partial charge in [-0.1, -0.05) is 35.0 Å². The standard InChI is InChI=1S/C15H20BrN3O2S/c1-5-14(12-6-8-13(16)9-7-12)18-22(20,21)15-10(2)17-19(4)11(15)3/h6-9,14,18H,5H2,1-4H3. The van der Waals surface area contributed by atoms with Crippen LogP contribution in [-0.4, -0.2) is 18.2 Å². The summed E-state index contributed by atoms with van der Waals surface area (Å²) in [6, 6.07) is 7.39. The summed E-state index contributed by atoms with van der Waals surface area (Å²) in [5.41, 5.74) is 2.09. The topological polar surface area (TPSA) is 64.0 Å². The summed E-state index contributed by atoms with van der Waals surface area (Å²) in [5, 5.41) is 4.19. The van der Waals surface area contributed by atoms with E-state index >= 15 is 0 Å². The maximum absolute atomic E-state index is 12.7. The number of aromatic nitrogens is 2. The van der Waals surface area contributed by atoms with E-state index in [1.165, 1.54) is 0 Å². The molecule has 0 spiro atoms. The van der Waals surface area contributed by atoms with Crippen molar-refractivity contribution in [3.63, 3.8) is 0 Å². The minimum atomic E-state index is -3.62. The molecule has 0 saturated heterocycles. The number of benzene rings is 1. The van der Waals surface area contributed by atoms with E-state index in [2.05, 4.69) is 25.8 Å². The lowest BCUT2D eigenvalue weighted by Gasteiger charge is -2.18. The molecule has 1 atom stereocenters. The third-order valence-corrected chi connectivity index (χ3v) is 5.94. The first-order valence-electron chi connectivity index (χ1n) is 7.04. The highest BCUT2D eigenvalue weighted by molar-refractivity contribution is 9.10. The normalized spacial score (nSPS) is 13.3. The van der Waals surface area contributed by atoms with E-state index in [0.717, 1.165) is 10.0 Å². The molecule has 0 radical (unpaired) electrons. The number of hydrogen-bond donors (Lipinski definition) is 1. The fraction of sp³-hybridized carbons (Fsp3) is 0.400. The molecule has 2 aromatic rings. The molecule has 0 aliphatic carbocycles. The molecular weight excluding hydrogens is 366 g/mol. The number of nitrogens with zero attached hydrogens (tertiary/aromatic N) is 2. The molecule has 0 bridgehead atoms. The first kappa shape index (κ1) is 17.2. The predicted molar refractivity (Wildman–Crippen MR) is 90.2 cm³/mol. The van der Waals surface area contributed by atoms with Gasteiger partial charge in [-0.2, -0.15) is 5.10 Å². The Hall–Kier alpha value is -1.18. The fourth-order valence-electron chi connectivity index (χ4n) is 2.47. The molecule has 0 fully saturated rings. The quantitative estimate of drug-likeness (QED) is 0.858. The molecule has 5 nitrogen and oxygen atoms in total. The lowest BCUT2D eigenvalue weighted by Crippen LogP contribution is -2.29. The van der Waals surface area contributed by atoms with Gasteiger partial charge in [-0.3, -0.25) is 4.68 Å². The lowest BCUT2D eigenvalue weighted by atomic mass is 10.1. The molecular formula is C15H20BrN3O2S. The van der Waals surface area contributed by atoms with Crippen molar-refractivity contribution < 1.29 is 8.42 Å². The summed E-state index contributed by atoms with van der Waals surface area (Å²) in [5.74, 6) is 0. The highest BCUT2D eigenvalue weighted by Crippen LogP contribution is 2.24. The highest BCUT2D eigenvalue weighted by Gasteiger charge is 2.26. The van der Waals surface area contributed by atoms with Crippen LogP contribution in [0.15, 0.2) is 33.6 Å². The second kappa shape index (κ2) is 6.52. The van der Waals surface area contributed by atoms with Crippen molar-refractivity contribution in [1.29, 1.82) is 0 Å². The van der Waals surface area contributed by atoms with Crippen LogP contribution in [0.3, 0.4) is 0 Å². The molecule has 7 heteroatoms. The van der Waals surface area contributed by atoms with Gasteiger partial charge in [-0.25, -0.2) is 13.1 Å². The van der Waals surface area contributed by atoms with E-state index < -0.39 is 10.0 Å². The molecule has 1 unspecified atom stereocenters. The van der Waals surface area contributed by atoms with Crippen molar-refractivity contribution >= 4 is 26.0 Å². The van der Waals surface area contributed by atoms with Crippen LogP contribution < -0.4 is 4.72 Å². The summed E-state index contributed by atoms with van der Waals surface area (Å²) in [6.45, 7) is 5.43. The van der Waals surface area contributed by atoms with E-state index in [9.17, 15) is 8.42 Å². The summed E-state index contributed by atoms with van der Waals surface area (Å²) >= 11 is 3.39. The summed E-state index contributed by atoms with van der Waals surface area (Å²) in [6.07, 6.45) is 0.666. The van der Waals surface area contributed by atoms with Crippen molar-refractivity contribution in [1.82, 2.24) is 14.5 Å². The Labute approximate surface area is 139 Å². The Balaban J connectivity index is 2.35. The molecule has 1 heterocycles. The Morgan fingerprint density at radius 2 is 1.86 bits per heavy atom. The van der Waals surface area contributed by atoms with Gasteiger partial charge in [0.25, 0.3) is 0 Å². The van der Waals surface area contributed by atoms with Gasteiger partial charge in [0.15, 0.2) is 0 Å². The molecule has 1 aromatic carbocycles. The maximum Gasteiger partial charge on any atom is 0.244 e. The van der Waals surface area contributed by atoms with E-state index in [4.69, 9.17) is 0 Å². The SMILES string of the molecule is CCC(NS(=O)(=O)c1c(C)nn(C)c1C)c1ccc(Br)cc1. The predicted octanol–water partition coefficient (Wildman–Crippen LogP) is 3.23. The van der Waals surface area contributed by atoms with Gasteiger partial charge in [0, 0.05) is 17.6 Å². The molecule has 2 rings (SSSR count). The number of sulfonamides is 1. The summed E-state index contributed by atoms with van der Waals surface area (Å²) in [4.78, 5) is 0.269. The minimum Gasteiger partial charge on any atom is -0.271 e. The average Bonchev–Trinajstić information content (AvgIpc) is 2.71. The van der Waals surface area contributed by atoms with Crippen molar-refractivity contribution in [3.05, 3.63) is 45.7 Å². The molecule has 1 aromatic heterocycles. The molecule has 22 heavy (non-hydrogen) atoms. The second-order valence-corrected chi connectivity index (χ2v) is 7.82. The molecule has 0 aliphatic rings. The molecule has 0 saturated carbocycles. The van der Waals surface area contributed by atoms with E-state index in [0.29, 0.717) is 17.8 Å². The third kappa shape index (κ3) is 3.42. The van der Waals surface area contributed by atoms with Crippen LogP contribution in [-0.2, 0) is 17.1 Å². The van der Waals surface area contributed by atoms with Gasteiger partial charge >= 0.3 is 0 Å². The van der Waals surface area contributed by atoms with Crippen LogP contribution in [0, 0.1) is 13.8 Å². The Morgan fingerprint density at radius 1 is 1.27 bits per heavy atom. The van der Waals surface area contributed by atoms with Crippen LogP contribution in [0.5, 0.6) is 0 Å². The van der Waals surface area contributed by atoms with Gasteiger partial charge in [-0.05, 0) is 38.0 Å². The van der Waals surface area contributed by atoms with Gasteiger partial charge in [-0.15, -0.1) is 0 Å². The molecule has 120 valence electrons. The highest BCUT2D eigenvalue weighted by atomic mass is 79.9. The van der Waals surface area contributed by atoms with Gasteiger partial charge in [0.1, 0.15) is 4.90 Å². The van der Waals surface area contributed by atoms with Crippen LogP contribution in [0.25, 0.3) is 0 Å². The van der Waals surface area contributed by atoms with Crippen LogP contribution in [0.4, 0.5) is 0 Å². The number of rotatable bonds is 5. The van der Waals surface area contributed by atoms with Crippen LogP contribution in [0.1, 0.15) is 36.3 Å². The first-order chi connectivity index (χ1) is 10.3. The third-order valence-electron chi connectivity index (χ3n) is 3.69. The summed E-state index contributed by atoms with van der Waals surface area (Å²) < 4.78 is 30.8. The van der Waals surface area contributed by atoms with Crippen LogP contribution in [0.2, 0.25) is 0 Å². The van der Waals surface area contributed by atoms with Gasteiger partial charge in [0.2, 0.25) is 10.0 Å². The molecule has 1 N–H and O–H groups in total. The zero-order valence-electron chi connectivity index (χ0n) is 13.1. The summed E-state index contributed by atoms with van der Waals surface area (Å²) in [7, 11) is -1.87. The largest absolute Gasteiger partial charge is 0.271 e. The number of halogens is 1. The number of aryl methyl sites for hydroxylation is 2. The Morgan fingerprint density at radius 3 is 2.32 bits per heavy atom. The lowest BCUT2D eigenvalue weighted by molar-refractivity contribution is 0.548. The van der Waals surface area contributed by atoms with Crippen molar-refractivity contribution in [2.75, 3.05) is 0 Å². The van der Waals surface area contributed by atoms with Gasteiger partial charge in [0.05, 0.1) is 11.4 Å². The zero-order chi connectivity index (χ0) is 16.5. The van der Waals surface area contributed by atoms with Crippen LogP contribution >= 0.6 is 15.9 Å². The molecule has 0 aliphatic heterocycles. The fourth-order valence-corrected chi connectivity index (χ4v) is 4.48. The zero-order valence-corrected chi connectivity index (χ0v) is 15.5. The van der Waals surface area contributed by atoms with E-state index in [1.807, 2.05) is 31.2 Å². The van der Waals surface area contributed by atoms with E-state index in [-0.39, 0.29) is 10.9 Å². The monoisotopic (exact) mass is 385 g/mol. The first-order valence-corrected chi connectivity index (χ1v) is 9.32. The maximum atomic E-state index is 12.7.